The maximum atomic E-state index is 12.9. The molecule has 0 unspecified atom stereocenters. The van der Waals surface area contributed by atoms with E-state index in [2.05, 4.69) is 4.72 Å². The number of methoxy groups -OCH3 is 2. The molecular weight excluding hydrogens is 424 g/mol. The summed E-state index contributed by atoms with van der Waals surface area (Å²) in [6, 6.07) is 7.52. The Balaban J connectivity index is 2.58. The number of primary sulfonamides is 1. The van der Waals surface area contributed by atoms with Gasteiger partial charge in [0.15, 0.2) is 11.5 Å². The van der Waals surface area contributed by atoms with Gasteiger partial charge in [0.25, 0.3) is 10.0 Å². The maximum Gasteiger partial charge on any atom is 0.328 e. The molecule has 10 nitrogen and oxygen atoms in total. The summed E-state index contributed by atoms with van der Waals surface area (Å²) in [6.45, 7) is 0. The second-order valence-corrected chi connectivity index (χ2v) is 8.82. The Morgan fingerprint density at radius 2 is 1.79 bits per heavy atom. The highest BCUT2D eigenvalue weighted by atomic mass is 32.2. The third kappa shape index (κ3) is 5.47. The largest absolute Gasteiger partial charge is 0.493 e. The van der Waals surface area contributed by atoms with Crippen LogP contribution in [0.25, 0.3) is 6.08 Å². The van der Waals surface area contributed by atoms with Crippen molar-refractivity contribution in [3.05, 3.63) is 48.0 Å². The summed E-state index contributed by atoms with van der Waals surface area (Å²) in [4.78, 5) is 10.1. The van der Waals surface area contributed by atoms with Gasteiger partial charge in [-0.3, -0.25) is 4.72 Å². The Morgan fingerprint density at radius 1 is 1.10 bits per heavy atom. The summed E-state index contributed by atoms with van der Waals surface area (Å²) in [7, 11) is -5.78. The fraction of sp³-hybridized carbons (Fsp3) is 0.118. The molecule has 12 heteroatoms. The molecule has 2 aromatic carbocycles. The lowest BCUT2D eigenvalue weighted by Crippen LogP contribution is -2.16. The summed E-state index contributed by atoms with van der Waals surface area (Å²) in [6.07, 6.45) is 2.02. The van der Waals surface area contributed by atoms with Crippen LogP contribution in [0.4, 0.5) is 5.69 Å². The highest BCUT2D eigenvalue weighted by Gasteiger charge is 2.24. The van der Waals surface area contributed by atoms with Crippen LogP contribution in [0.1, 0.15) is 5.56 Å². The number of carboxylic acids is 1. The monoisotopic (exact) mass is 442 g/mol. The molecule has 0 amide bonds. The van der Waals surface area contributed by atoms with Gasteiger partial charge in [0.1, 0.15) is 4.90 Å². The van der Waals surface area contributed by atoms with Crippen molar-refractivity contribution in [1.29, 1.82) is 0 Å². The van der Waals surface area contributed by atoms with Gasteiger partial charge >= 0.3 is 5.97 Å². The lowest BCUT2D eigenvalue weighted by atomic mass is 10.2. The predicted molar refractivity (Wildman–Crippen MR) is 105 cm³/mol. The average Bonchev–Trinajstić information content (AvgIpc) is 2.64. The van der Waals surface area contributed by atoms with Gasteiger partial charge in [-0.1, -0.05) is 6.07 Å². The van der Waals surface area contributed by atoms with Crippen molar-refractivity contribution in [1.82, 2.24) is 0 Å². The minimum atomic E-state index is -4.28. The molecule has 2 aromatic rings. The molecule has 0 fully saturated rings. The average molecular weight is 442 g/mol. The molecule has 0 bridgehead atoms. The van der Waals surface area contributed by atoms with Crippen molar-refractivity contribution in [2.24, 2.45) is 5.14 Å². The smallest absolute Gasteiger partial charge is 0.328 e. The minimum absolute atomic E-state index is 0.0518. The second-order valence-electron chi connectivity index (χ2n) is 5.60. The first-order chi connectivity index (χ1) is 13.5. The van der Waals surface area contributed by atoms with Gasteiger partial charge in [0.2, 0.25) is 10.0 Å². The summed E-state index contributed by atoms with van der Waals surface area (Å²) in [5.74, 6) is -1.28. The van der Waals surface area contributed by atoms with E-state index >= 15 is 0 Å². The third-order valence-electron chi connectivity index (χ3n) is 3.59. The Hall–Kier alpha value is -3.09. The molecule has 4 N–H and O–H groups in total. The van der Waals surface area contributed by atoms with Gasteiger partial charge in [0, 0.05) is 6.08 Å². The normalized spacial score (nSPS) is 12.0. The number of aliphatic carboxylic acids is 1. The van der Waals surface area contributed by atoms with E-state index in [4.69, 9.17) is 19.7 Å². The van der Waals surface area contributed by atoms with Crippen LogP contribution in [0.15, 0.2) is 52.3 Å². The molecule has 156 valence electrons. The van der Waals surface area contributed by atoms with Crippen LogP contribution < -0.4 is 19.3 Å². The van der Waals surface area contributed by atoms with Crippen LogP contribution in [0.2, 0.25) is 0 Å². The molecule has 0 saturated carbocycles. The SMILES string of the molecule is COc1cc(C=CC(=O)O)cc(S(=O)(=O)Nc2cccc(S(N)(=O)=O)c2)c1OC. The van der Waals surface area contributed by atoms with E-state index < -0.39 is 26.0 Å². The molecule has 0 heterocycles. The summed E-state index contributed by atoms with van der Waals surface area (Å²) in [5.41, 5.74) is 0.174. The third-order valence-corrected chi connectivity index (χ3v) is 5.89. The van der Waals surface area contributed by atoms with Crippen molar-refractivity contribution in [3.63, 3.8) is 0 Å². The number of carboxylic acid groups (broad SMARTS) is 1. The first-order valence-corrected chi connectivity index (χ1v) is 10.8. The van der Waals surface area contributed by atoms with Crippen LogP contribution in [0, 0.1) is 0 Å². The van der Waals surface area contributed by atoms with E-state index in [1.807, 2.05) is 0 Å². The molecule has 0 aromatic heterocycles. The lowest BCUT2D eigenvalue weighted by Gasteiger charge is -2.15. The van der Waals surface area contributed by atoms with Crippen molar-refractivity contribution in [2.75, 3.05) is 18.9 Å². The van der Waals surface area contributed by atoms with E-state index in [0.29, 0.717) is 0 Å². The molecule has 0 aliphatic heterocycles. The van der Waals surface area contributed by atoms with Crippen LogP contribution in [-0.2, 0) is 24.8 Å². The number of nitrogens with one attached hydrogen (secondary N) is 1. The summed E-state index contributed by atoms with van der Waals surface area (Å²) < 4.78 is 61.4. The van der Waals surface area contributed by atoms with Crippen molar-refractivity contribution in [2.45, 2.75) is 9.79 Å². The van der Waals surface area contributed by atoms with Gasteiger partial charge in [0.05, 0.1) is 24.8 Å². The molecule has 0 saturated heterocycles. The zero-order chi connectivity index (χ0) is 21.8. The Kier molecular flexibility index (Phi) is 6.51. The lowest BCUT2D eigenvalue weighted by molar-refractivity contribution is -0.131. The number of sulfonamides is 2. The predicted octanol–water partition coefficient (Wildman–Crippen LogP) is 1.25. The number of hydrogen-bond acceptors (Lipinski definition) is 7. The van der Waals surface area contributed by atoms with Gasteiger partial charge in [-0.2, -0.15) is 0 Å². The number of benzene rings is 2. The van der Waals surface area contributed by atoms with E-state index in [0.717, 1.165) is 12.1 Å². The van der Waals surface area contributed by atoms with Crippen molar-refractivity contribution >= 4 is 37.8 Å². The van der Waals surface area contributed by atoms with Crippen LogP contribution in [-0.4, -0.2) is 42.1 Å². The number of rotatable bonds is 8. The zero-order valence-electron chi connectivity index (χ0n) is 15.3. The minimum Gasteiger partial charge on any atom is -0.493 e. The standard InChI is InChI=1S/C17H18N2O8S2/c1-26-14-8-11(6-7-16(20)21)9-15(17(14)27-2)29(24,25)19-12-4-3-5-13(10-12)28(18,22)23/h3-10,19H,1-2H3,(H,20,21)(H2,18,22,23). The Bertz CT molecular complexity index is 1170. The van der Waals surface area contributed by atoms with Crippen LogP contribution in [0.5, 0.6) is 11.5 Å². The number of anilines is 1. The quantitative estimate of drug-likeness (QED) is 0.514. The second kappa shape index (κ2) is 8.51. The molecule has 0 spiro atoms. The van der Waals surface area contributed by atoms with E-state index in [9.17, 15) is 21.6 Å². The molecular formula is C17H18N2O8S2. The Labute approximate surface area is 167 Å². The summed E-state index contributed by atoms with van der Waals surface area (Å²) in [5, 5.41) is 13.8. The molecule has 29 heavy (non-hydrogen) atoms. The summed E-state index contributed by atoms with van der Waals surface area (Å²) >= 11 is 0. The van der Waals surface area contributed by atoms with Crippen molar-refractivity contribution < 1.29 is 36.2 Å². The van der Waals surface area contributed by atoms with E-state index in [1.165, 1.54) is 50.6 Å². The molecule has 0 radical (unpaired) electrons. The molecule has 0 aliphatic rings. The number of hydrogen-bond donors (Lipinski definition) is 3. The Morgan fingerprint density at radius 3 is 2.34 bits per heavy atom. The van der Waals surface area contributed by atoms with Crippen molar-refractivity contribution in [3.8, 4) is 11.5 Å². The van der Waals surface area contributed by atoms with Gasteiger partial charge in [-0.25, -0.2) is 26.8 Å². The van der Waals surface area contributed by atoms with Crippen LogP contribution in [0.3, 0.4) is 0 Å². The zero-order valence-corrected chi connectivity index (χ0v) is 17.0. The van der Waals surface area contributed by atoms with Crippen LogP contribution >= 0.6 is 0 Å². The first-order valence-electron chi connectivity index (χ1n) is 7.80. The molecule has 0 atom stereocenters. The van der Waals surface area contributed by atoms with Gasteiger partial charge < -0.3 is 14.6 Å². The molecule has 0 aliphatic carbocycles. The molecule has 2 rings (SSSR count). The number of carbonyl (C=O) groups is 1. The van der Waals surface area contributed by atoms with Gasteiger partial charge in [-0.15, -0.1) is 0 Å². The maximum absolute atomic E-state index is 12.9. The van der Waals surface area contributed by atoms with E-state index in [-0.39, 0.29) is 32.5 Å². The fourth-order valence-corrected chi connectivity index (χ4v) is 4.19. The van der Waals surface area contributed by atoms with E-state index in [1.54, 1.807) is 0 Å². The highest BCUT2D eigenvalue weighted by molar-refractivity contribution is 7.92. The fourth-order valence-electron chi connectivity index (χ4n) is 2.36. The number of nitrogens with two attached hydrogens (primary N) is 1. The number of ether oxygens (including phenoxy) is 2. The highest BCUT2D eigenvalue weighted by Crippen LogP contribution is 2.37. The van der Waals surface area contributed by atoms with Gasteiger partial charge in [-0.05, 0) is 42.0 Å². The topological polar surface area (TPSA) is 162 Å². The first kappa shape index (κ1) is 22.2.